The van der Waals surface area contributed by atoms with E-state index < -0.39 is 0 Å². The van der Waals surface area contributed by atoms with Gasteiger partial charge in [-0.3, -0.25) is 0 Å². The third-order valence-corrected chi connectivity index (χ3v) is 9.71. The van der Waals surface area contributed by atoms with Crippen LogP contribution in [0.5, 0.6) is 0 Å². The molecule has 0 spiro atoms. The van der Waals surface area contributed by atoms with Crippen LogP contribution in [0.4, 0.5) is 0 Å². The summed E-state index contributed by atoms with van der Waals surface area (Å²) in [4.78, 5) is 0. The van der Waals surface area contributed by atoms with Gasteiger partial charge in [-0.15, -0.1) is 0 Å². The average molecular weight is 325 g/mol. The molecule has 0 radical (unpaired) electrons. The number of allylic oxidation sites excluding steroid dienone is 3. The van der Waals surface area contributed by atoms with Crippen LogP contribution >= 0.6 is 0 Å². The molecular formula is C24H36. The Labute approximate surface area is 149 Å². The van der Waals surface area contributed by atoms with Crippen molar-refractivity contribution in [1.29, 1.82) is 0 Å². The number of hydrogen-bond donors (Lipinski definition) is 0. The lowest BCUT2D eigenvalue weighted by Gasteiger charge is -2.63. The highest BCUT2D eigenvalue weighted by Gasteiger charge is 2.62. The first-order chi connectivity index (χ1) is 11.2. The summed E-state index contributed by atoms with van der Waals surface area (Å²) in [5.74, 6) is 2.58. The molecule has 132 valence electrons. The van der Waals surface area contributed by atoms with Gasteiger partial charge in [0.1, 0.15) is 0 Å². The quantitative estimate of drug-likeness (QED) is 0.417. The molecule has 4 aliphatic carbocycles. The van der Waals surface area contributed by atoms with Crippen LogP contribution in [0.15, 0.2) is 36.5 Å². The van der Waals surface area contributed by atoms with Crippen molar-refractivity contribution in [2.24, 2.45) is 34.0 Å². The van der Waals surface area contributed by atoms with Crippen molar-refractivity contribution >= 4 is 0 Å². The summed E-state index contributed by atoms with van der Waals surface area (Å²) in [6, 6.07) is 0. The third kappa shape index (κ3) is 1.92. The van der Waals surface area contributed by atoms with E-state index in [9.17, 15) is 0 Å². The van der Waals surface area contributed by atoms with Gasteiger partial charge < -0.3 is 0 Å². The summed E-state index contributed by atoms with van der Waals surface area (Å²) in [7, 11) is 0. The molecular weight excluding hydrogens is 288 g/mol. The van der Waals surface area contributed by atoms with Crippen molar-refractivity contribution in [3.05, 3.63) is 36.5 Å². The molecule has 0 aromatic carbocycles. The van der Waals surface area contributed by atoms with Crippen molar-refractivity contribution < 1.29 is 0 Å². The van der Waals surface area contributed by atoms with E-state index in [-0.39, 0.29) is 0 Å². The molecule has 0 aliphatic heterocycles. The lowest BCUT2D eigenvalue weighted by Crippen LogP contribution is -2.55. The van der Waals surface area contributed by atoms with Crippen LogP contribution in [0.2, 0.25) is 0 Å². The average Bonchev–Trinajstić information content (AvgIpc) is 2.78. The maximum atomic E-state index is 4.68. The zero-order chi connectivity index (χ0) is 17.3. The number of fused-ring (bicyclic) bond motifs is 5. The predicted octanol–water partition coefficient (Wildman–Crippen LogP) is 7.09. The van der Waals surface area contributed by atoms with Gasteiger partial charge in [0.05, 0.1) is 0 Å². The Balaban J connectivity index is 1.76. The van der Waals surface area contributed by atoms with Gasteiger partial charge in [-0.05, 0) is 91.8 Å². The highest BCUT2D eigenvalue weighted by Crippen LogP contribution is 2.71. The molecule has 0 heteroatoms. The number of hydrogen-bond acceptors (Lipinski definition) is 0. The third-order valence-electron chi connectivity index (χ3n) is 9.71. The van der Waals surface area contributed by atoms with Crippen molar-refractivity contribution in [2.75, 3.05) is 0 Å². The minimum Gasteiger partial charge on any atom is -0.0999 e. The summed E-state index contributed by atoms with van der Waals surface area (Å²) < 4.78 is 0. The van der Waals surface area contributed by atoms with Crippen molar-refractivity contribution in [1.82, 2.24) is 0 Å². The van der Waals surface area contributed by atoms with Gasteiger partial charge >= 0.3 is 0 Å². The van der Waals surface area contributed by atoms with E-state index in [1.54, 1.807) is 11.1 Å². The lowest BCUT2D eigenvalue weighted by atomic mass is 9.41. The van der Waals surface area contributed by atoms with Crippen LogP contribution < -0.4 is 0 Å². The summed E-state index contributed by atoms with van der Waals surface area (Å²) in [5, 5.41) is 0. The molecule has 0 bridgehead atoms. The SMILES string of the molecule is C=C1CCC2(C)C(=C)CC3C4CCC(=C)C4(C)CCC3C2(C)CC1. The highest BCUT2D eigenvalue weighted by atomic mass is 14.7. The monoisotopic (exact) mass is 324 g/mol. The van der Waals surface area contributed by atoms with Gasteiger partial charge in [0.15, 0.2) is 0 Å². The van der Waals surface area contributed by atoms with Crippen molar-refractivity contribution in [3.8, 4) is 0 Å². The Kier molecular flexibility index (Phi) is 3.56. The van der Waals surface area contributed by atoms with Gasteiger partial charge in [0.2, 0.25) is 0 Å². The number of rotatable bonds is 0. The van der Waals surface area contributed by atoms with Crippen LogP contribution in [0.1, 0.15) is 78.6 Å². The molecule has 0 aromatic rings. The second kappa shape index (κ2) is 5.12. The van der Waals surface area contributed by atoms with Crippen LogP contribution in [0.25, 0.3) is 0 Å². The Morgan fingerprint density at radius 2 is 1.50 bits per heavy atom. The van der Waals surface area contributed by atoms with E-state index in [1.807, 2.05) is 0 Å². The Hall–Kier alpha value is -0.780. The zero-order valence-electron chi connectivity index (χ0n) is 16.2. The molecule has 0 N–H and O–H groups in total. The lowest BCUT2D eigenvalue weighted by molar-refractivity contribution is -0.0962. The maximum absolute atomic E-state index is 4.68. The predicted molar refractivity (Wildman–Crippen MR) is 104 cm³/mol. The second-order valence-corrected chi connectivity index (χ2v) is 10.3. The maximum Gasteiger partial charge on any atom is -0.00593 e. The molecule has 24 heavy (non-hydrogen) atoms. The molecule has 4 fully saturated rings. The summed E-state index contributed by atoms with van der Waals surface area (Å²) in [5.41, 5.74) is 5.73. The molecule has 6 atom stereocenters. The van der Waals surface area contributed by atoms with Crippen molar-refractivity contribution in [3.63, 3.8) is 0 Å². The van der Waals surface area contributed by atoms with Gasteiger partial charge in [-0.2, -0.15) is 0 Å². The molecule has 0 saturated heterocycles. The van der Waals surface area contributed by atoms with Gasteiger partial charge in [0.25, 0.3) is 0 Å². The van der Waals surface area contributed by atoms with E-state index in [0.29, 0.717) is 16.2 Å². The van der Waals surface area contributed by atoms with Crippen LogP contribution in [0, 0.1) is 34.0 Å². The first-order valence-corrected chi connectivity index (χ1v) is 10.3. The Morgan fingerprint density at radius 1 is 0.792 bits per heavy atom. The Morgan fingerprint density at radius 3 is 2.25 bits per heavy atom. The fraction of sp³-hybridized carbons (Fsp3) is 0.750. The minimum atomic E-state index is 0.316. The minimum absolute atomic E-state index is 0.316. The van der Waals surface area contributed by atoms with E-state index >= 15 is 0 Å². The van der Waals surface area contributed by atoms with Crippen LogP contribution in [0.3, 0.4) is 0 Å². The van der Waals surface area contributed by atoms with E-state index in [4.69, 9.17) is 0 Å². The fourth-order valence-corrected chi connectivity index (χ4v) is 7.50. The van der Waals surface area contributed by atoms with Crippen molar-refractivity contribution in [2.45, 2.75) is 78.6 Å². The molecule has 6 unspecified atom stereocenters. The molecule has 0 amide bonds. The summed E-state index contributed by atoms with van der Waals surface area (Å²) in [6.45, 7) is 21.2. The van der Waals surface area contributed by atoms with Gasteiger partial charge in [-0.1, -0.05) is 57.2 Å². The molecule has 4 rings (SSSR count). The first kappa shape index (κ1) is 16.7. The zero-order valence-corrected chi connectivity index (χ0v) is 16.2. The van der Waals surface area contributed by atoms with Crippen LogP contribution in [-0.2, 0) is 0 Å². The largest absolute Gasteiger partial charge is 0.0999 e. The van der Waals surface area contributed by atoms with Crippen LogP contribution in [-0.4, -0.2) is 0 Å². The first-order valence-electron chi connectivity index (χ1n) is 10.3. The summed E-state index contributed by atoms with van der Waals surface area (Å²) in [6.07, 6.45) is 11.7. The standard InChI is InChI=1S/C24H36/c1-16-9-13-23(5)18(3)15-19-20-8-7-17(2)22(20,4)12-11-21(19)24(23,6)14-10-16/h19-21H,1-3,7-15H2,4-6H3. The summed E-state index contributed by atoms with van der Waals surface area (Å²) >= 11 is 0. The highest BCUT2D eigenvalue weighted by molar-refractivity contribution is 5.29. The topological polar surface area (TPSA) is 0 Å². The molecule has 4 saturated carbocycles. The van der Waals surface area contributed by atoms with E-state index in [2.05, 4.69) is 40.5 Å². The molecule has 4 aliphatic rings. The Bertz CT molecular complexity index is 610. The molecule has 0 nitrogen and oxygen atoms in total. The molecule has 0 aromatic heterocycles. The smallest absolute Gasteiger partial charge is 0.00593 e. The van der Waals surface area contributed by atoms with E-state index in [1.165, 1.54) is 63.4 Å². The normalized spacial score (nSPS) is 51.6. The van der Waals surface area contributed by atoms with Gasteiger partial charge in [0, 0.05) is 0 Å². The van der Waals surface area contributed by atoms with Gasteiger partial charge in [-0.25, -0.2) is 0 Å². The van der Waals surface area contributed by atoms with E-state index in [0.717, 1.165) is 17.8 Å². The fourth-order valence-electron chi connectivity index (χ4n) is 7.50. The molecule has 0 heterocycles. The second-order valence-electron chi connectivity index (χ2n) is 10.3.